The summed E-state index contributed by atoms with van der Waals surface area (Å²) < 4.78 is 30.4. The third-order valence-electron chi connectivity index (χ3n) is 5.30. The quantitative estimate of drug-likeness (QED) is 0.763. The van der Waals surface area contributed by atoms with Gasteiger partial charge in [0.05, 0.1) is 24.2 Å². The number of amides is 1. The van der Waals surface area contributed by atoms with E-state index in [0.29, 0.717) is 43.9 Å². The van der Waals surface area contributed by atoms with Crippen molar-refractivity contribution in [2.75, 3.05) is 43.3 Å². The second-order valence-corrected chi connectivity index (χ2v) is 9.34. The molecule has 9 heteroatoms. The van der Waals surface area contributed by atoms with E-state index >= 15 is 0 Å². The molecule has 8 nitrogen and oxygen atoms in total. The van der Waals surface area contributed by atoms with Crippen molar-refractivity contribution >= 4 is 21.6 Å². The molecule has 4 rings (SSSR count). The summed E-state index contributed by atoms with van der Waals surface area (Å²) in [5.41, 5.74) is 3.09. The van der Waals surface area contributed by atoms with Crippen LogP contribution in [-0.4, -0.2) is 68.3 Å². The van der Waals surface area contributed by atoms with E-state index in [1.807, 2.05) is 24.0 Å². The van der Waals surface area contributed by atoms with Gasteiger partial charge in [-0.2, -0.15) is 0 Å². The minimum atomic E-state index is -3.28. The van der Waals surface area contributed by atoms with E-state index in [1.54, 1.807) is 12.1 Å². The Hall–Kier alpha value is -2.39. The molecule has 0 unspecified atom stereocenters. The summed E-state index contributed by atoms with van der Waals surface area (Å²) in [4.78, 5) is 17.0. The van der Waals surface area contributed by atoms with Gasteiger partial charge in [0.25, 0.3) is 5.91 Å². The number of rotatable bonds is 4. The molecule has 1 fully saturated rings. The standard InChI is InChI=1S/C19H24N4O4S/c1-14-11-17(27-20-14)13-21-7-9-22(10-8-21)19(24)16-3-4-18-15(12-16)5-6-23(18)28(2,25)26/h3-4,11-12H,5-10,13H2,1-2H3. The smallest absolute Gasteiger partial charge is 0.253 e. The molecule has 2 aromatic rings. The highest BCUT2D eigenvalue weighted by molar-refractivity contribution is 7.92. The van der Waals surface area contributed by atoms with Crippen molar-refractivity contribution in [2.45, 2.75) is 19.9 Å². The molecule has 0 atom stereocenters. The molecule has 3 heterocycles. The first kappa shape index (κ1) is 18.9. The second-order valence-electron chi connectivity index (χ2n) is 7.43. The predicted octanol–water partition coefficient (Wildman–Crippen LogP) is 1.26. The molecule has 0 aliphatic carbocycles. The lowest BCUT2D eigenvalue weighted by molar-refractivity contribution is 0.0617. The normalized spacial score (nSPS) is 17.8. The van der Waals surface area contributed by atoms with Gasteiger partial charge in [0.1, 0.15) is 0 Å². The minimum absolute atomic E-state index is 0.00392. The van der Waals surface area contributed by atoms with E-state index in [2.05, 4.69) is 10.1 Å². The molecule has 1 amide bonds. The summed E-state index contributed by atoms with van der Waals surface area (Å²) in [5.74, 6) is 0.835. The van der Waals surface area contributed by atoms with Crippen LogP contribution in [0.3, 0.4) is 0 Å². The zero-order valence-corrected chi connectivity index (χ0v) is 16.9. The van der Waals surface area contributed by atoms with E-state index in [1.165, 1.54) is 10.6 Å². The average Bonchev–Trinajstić information content (AvgIpc) is 3.27. The summed E-state index contributed by atoms with van der Waals surface area (Å²) in [7, 11) is -3.28. The van der Waals surface area contributed by atoms with Crippen LogP contribution in [0, 0.1) is 6.92 Å². The van der Waals surface area contributed by atoms with E-state index in [4.69, 9.17) is 4.52 Å². The van der Waals surface area contributed by atoms with Gasteiger partial charge in [0.2, 0.25) is 10.0 Å². The van der Waals surface area contributed by atoms with Crippen molar-refractivity contribution in [2.24, 2.45) is 0 Å². The van der Waals surface area contributed by atoms with E-state index < -0.39 is 10.0 Å². The number of anilines is 1. The number of benzene rings is 1. The Bertz CT molecular complexity index is 993. The number of sulfonamides is 1. The van der Waals surface area contributed by atoms with Crippen LogP contribution in [0.5, 0.6) is 0 Å². The first-order valence-electron chi connectivity index (χ1n) is 9.36. The molecule has 1 saturated heterocycles. The topological polar surface area (TPSA) is 87.0 Å². The number of nitrogens with zero attached hydrogens (tertiary/aromatic N) is 4. The summed E-state index contributed by atoms with van der Waals surface area (Å²) in [6, 6.07) is 7.25. The highest BCUT2D eigenvalue weighted by Crippen LogP contribution is 2.31. The molecule has 150 valence electrons. The van der Waals surface area contributed by atoms with Crippen molar-refractivity contribution in [3.63, 3.8) is 0 Å². The van der Waals surface area contributed by atoms with Gasteiger partial charge in [-0.25, -0.2) is 8.42 Å². The lowest BCUT2D eigenvalue weighted by Gasteiger charge is -2.34. The van der Waals surface area contributed by atoms with Gasteiger partial charge < -0.3 is 9.42 Å². The highest BCUT2D eigenvalue weighted by Gasteiger charge is 2.28. The summed E-state index contributed by atoms with van der Waals surface area (Å²) in [6.45, 7) is 5.89. The van der Waals surface area contributed by atoms with Gasteiger partial charge in [0.15, 0.2) is 5.76 Å². The van der Waals surface area contributed by atoms with Crippen LogP contribution in [0.15, 0.2) is 28.8 Å². The fourth-order valence-corrected chi connectivity index (χ4v) is 4.81. The molecule has 2 aliphatic heterocycles. The summed E-state index contributed by atoms with van der Waals surface area (Å²) >= 11 is 0. The number of hydrogen-bond acceptors (Lipinski definition) is 6. The van der Waals surface area contributed by atoms with E-state index in [0.717, 1.165) is 30.1 Å². The molecule has 1 aromatic carbocycles. The summed E-state index contributed by atoms with van der Waals surface area (Å²) in [6.07, 6.45) is 1.84. The largest absolute Gasteiger partial charge is 0.360 e. The monoisotopic (exact) mass is 404 g/mol. The van der Waals surface area contributed by atoms with Crippen molar-refractivity contribution < 1.29 is 17.7 Å². The SMILES string of the molecule is Cc1cc(CN2CCN(C(=O)c3ccc4c(c3)CCN4S(C)(=O)=O)CC2)on1. The van der Waals surface area contributed by atoms with Crippen molar-refractivity contribution in [3.05, 3.63) is 46.8 Å². The molecule has 0 bridgehead atoms. The van der Waals surface area contributed by atoms with Crippen LogP contribution in [0.25, 0.3) is 0 Å². The summed E-state index contributed by atoms with van der Waals surface area (Å²) in [5, 5.41) is 3.91. The molecule has 0 radical (unpaired) electrons. The van der Waals surface area contributed by atoms with Gasteiger partial charge >= 0.3 is 0 Å². The van der Waals surface area contributed by atoms with Gasteiger partial charge in [-0.05, 0) is 37.1 Å². The number of fused-ring (bicyclic) bond motifs is 1. The molecular formula is C19H24N4O4S. The Balaban J connectivity index is 1.39. The molecule has 0 N–H and O–H groups in total. The maximum absolute atomic E-state index is 12.9. The zero-order chi connectivity index (χ0) is 19.9. The minimum Gasteiger partial charge on any atom is -0.360 e. The van der Waals surface area contributed by atoms with Crippen molar-refractivity contribution in [3.8, 4) is 0 Å². The molecule has 0 saturated carbocycles. The van der Waals surface area contributed by atoms with Crippen LogP contribution < -0.4 is 4.31 Å². The first-order valence-corrected chi connectivity index (χ1v) is 11.2. The number of aromatic nitrogens is 1. The van der Waals surface area contributed by atoms with Crippen molar-refractivity contribution in [1.29, 1.82) is 0 Å². The van der Waals surface area contributed by atoms with Crippen LogP contribution in [0.1, 0.15) is 27.4 Å². The Kier molecular flexibility index (Phi) is 4.88. The third-order valence-corrected chi connectivity index (χ3v) is 6.48. The van der Waals surface area contributed by atoms with Crippen molar-refractivity contribution in [1.82, 2.24) is 15.0 Å². The van der Waals surface area contributed by atoms with E-state index in [9.17, 15) is 13.2 Å². The van der Waals surface area contributed by atoms with Gasteiger partial charge in [-0.3, -0.25) is 14.0 Å². The Morgan fingerprint density at radius 2 is 1.89 bits per heavy atom. The zero-order valence-electron chi connectivity index (χ0n) is 16.1. The fraction of sp³-hybridized carbons (Fsp3) is 0.474. The maximum atomic E-state index is 12.9. The first-order chi connectivity index (χ1) is 13.3. The average molecular weight is 404 g/mol. The fourth-order valence-electron chi connectivity index (χ4n) is 3.85. The Morgan fingerprint density at radius 3 is 2.54 bits per heavy atom. The lowest BCUT2D eigenvalue weighted by Crippen LogP contribution is -2.48. The van der Waals surface area contributed by atoms with Gasteiger partial charge in [-0.15, -0.1) is 0 Å². The molecule has 2 aliphatic rings. The number of aryl methyl sites for hydroxylation is 1. The maximum Gasteiger partial charge on any atom is 0.253 e. The van der Waals surface area contributed by atoms with Crippen LogP contribution >= 0.6 is 0 Å². The van der Waals surface area contributed by atoms with Crippen LogP contribution in [0.2, 0.25) is 0 Å². The molecular weight excluding hydrogens is 380 g/mol. The third kappa shape index (κ3) is 3.77. The van der Waals surface area contributed by atoms with E-state index in [-0.39, 0.29) is 5.91 Å². The van der Waals surface area contributed by atoms with Crippen LogP contribution in [-0.2, 0) is 23.0 Å². The van der Waals surface area contributed by atoms with Gasteiger partial charge in [0, 0.05) is 44.4 Å². The van der Waals surface area contributed by atoms with Crippen LogP contribution in [0.4, 0.5) is 5.69 Å². The molecule has 0 spiro atoms. The second kappa shape index (κ2) is 7.21. The number of hydrogen-bond donors (Lipinski definition) is 0. The molecule has 1 aromatic heterocycles. The predicted molar refractivity (Wildman–Crippen MR) is 105 cm³/mol. The van der Waals surface area contributed by atoms with Gasteiger partial charge in [-0.1, -0.05) is 5.16 Å². The number of piperazine rings is 1. The number of carbonyl (C=O) groups is 1. The number of carbonyl (C=O) groups excluding carboxylic acids is 1. The Morgan fingerprint density at radius 1 is 1.14 bits per heavy atom. The highest BCUT2D eigenvalue weighted by atomic mass is 32.2. The molecule has 28 heavy (non-hydrogen) atoms. The Labute approximate surface area is 164 Å². The lowest BCUT2D eigenvalue weighted by atomic mass is 10.1.